The minimum atomic E-state index is -0.560. The first-order chi connectivity index (χ1) is 10.8. The summed E-state index contributed by atoms with van der Waals surface area (Å²) in [7, 11) is 0. The molecule has 1 amide bonds. The lowest BCUT2D eigenvalue weighted by Gasteiger charge is -2.41. The number of para-hydroxylation sites is 1. The molecule has 4 aliphatic rings. The summed E-state index contributed by atoms with van der Waals surface area (Å²) in [5, 5.41) is 3.05. The van der Waals surface area contributed by atoms with Gasteiger partial charge in [0.15, 0.2) is 0 Å². The second kappa shape index (κ2) is 4.03. The molecular weight excluding hydrogens is 278 g/mol. The largest absolute Gasteiger partial charge is 0.497 e. The number of hydrogen-bond acceptors (Lipinski definition) is 3. The van der Waals surface area contributed by atoms with E-state index in [1.807, 2.05) is 30.4 Å². The number of hydrogen-bond donors (Lipinski definition) is 1. The Morgan fingerprint density at radius 2 is 2.14 bits per heavy atom. The molecule has 4 heteroatoms. The fourth-order valence-electron chi connectivity index (χ4n) is 4.09. The van der Waals surface area contributed by atoms with Crippen molar-refractivity contribution in [1.29, 1.82) is 0 Å². The first-order valence-electron chi connectivity index (χ1n) is 7.58. The number of fused-ring (bicyclic) bond motifs is 5. The molecule has 1 saturated heterocycles. The average molecular weight is 293 g/mol. The maximum atomic E-state index is 12.9. The highest BCUT2D eigenvalue weighted by atomic mass is 16.5. The zero-order valence-electron chi connectivity index (χ0n) is 11.9. The number of carbonyl (C=O) groups excluding carboxylic acids is 1. The summed E-state index contributed by atoms with van der Waals surface area (Å²) in [5.74, 6) is 0.865. The molecule has 3 unspecified atom stereocenters. The molecule has 3 heterocycles. The molecule has 0 radical (unpaired) electrons. The number of nitrogens with one attached hydrogen (secondary N) is 1. The van der Waals surface area contributed by atoms with Crippen LogP contribution in [0.25, 0.3) is 0 Å². The van der Waals surface area contributed by atoms with Crippen LogP contribution in [0.15, 0.2) is 60.1 Å². The molecule has 1 aromatic rings. The first kappa shape index (κ1) is 12.1. The number of ether oxygens (including phenoxy) is 2. The Labute approximate surface area is 128 Å². The van der Waals surface area contributed by atoms with Crippen LogP contribution >= 0.6 is 0 Å². The lowest BCUT2D eigenvalue weighted by molar-refractivity contribution is -0.124. The van der Waals surface area contributed by atoms with Crippen LogP contribution in [0, 0.1) is 5.92 Å². The zero-order chi connectivity index (χ0) is 14.7. The van der Waals surface area contributed by atoms with Gasteiger partial charge in [-0.05, 0) is 29.4 Å². The van der Waals surface area contributed by atoms with E-state index in [2.05, 4.69) is 17.5 Å². The molecule has 22 heavy (non-hydrogen) atoms. The van der Waals surface area contributed by atoms with E-state index in [4.69, 9.17) is 9.47 Å². The van der Waals surface area contributed by atoms with Crippen molar-refractivity contribution < 1.29 is 14.3 Å². The molecule has 0 saturated carbocycles. The van der Waals surface area contributed by atoms with Crippen molar-refractivity contribution in [1.82, 2.24) is 0 Å². The van der Waals surface area contributed by atoms with Gasteiger partial charge < -0.3 is 14.8 Å². The van der Waals surface area contributed by atoms with Gasteiger partial charge in [0.05, 0.1) is 24.2 Å². The minimum absolute atomic E-state index is 0.0671. The molecule has 3 atom stereocenters. The van der Waals surface area contributed by atoms with Gasteiger partial charge in [0.1, 0.15) is 11.9 Å². The molecule has 1 aliphatic carbocycles. The van der Waals surface area contributed by atoms with E-state index in [1.54, 1.807) is 6.26 Å². The third kappa shape index (κ3) is 1.35. The predicted molar refractivity (Wildman–Crippen MR) is 81.0 cm³/mol. The quantitative estimate of drug-likeness (QED) is 0.800. The number of benzene rings is 1. The van der Waals surface area contributed by atoms with Gasteiger partial charge in [0.2, 0.25) is 5.91 Å². The van der Waals surface area contributed by atoms with Crippen LogP contribution in [0.3, 0.4) is 0 Å². The Kier molecular flexibility index (Phi) is 2.22. The molecule has 4 nitrogen and oxygen atoms in total. The summed E-state index contributed by atoms with van der Waals surface area (Å²) < 4.78 is 11.4. The molecule has 1 aromatic carbocycles. The maximum absolute atomic E-state index is 12.9. The first-order valence-corrected chi connectivity index (χ1v) is 7.58. The van der Waals surface area contributed by atoms with E-state index < -0.39 is 5.41 Å². The maximum Gasteiger partial charge on any atom is 0.236 e. The average Bonchev–Trinajstić information content (AvgIpc) is 3.09. The number of allylic oxidation sites excluding steroid dienone is 1. The van der Waals surface area contributed by atoms with E-state index in [9.17, 15) is 4.79 Å². The fourth-order valence-corrected chi connectivity index (χ4v) is 4.09. The normalized spacial score (nSPS) is 33.9. The zero-order valence-corrected chi connectivity index (χ0v) is 11.9. The van der Waals surface area contributed by atoms with Crippen molar-refractivity contribution in [2.45, 2.75) is 17.9 Å². The van der Waals surface area contributed by atoms with Crippen LogP contribution in [0.4, 0.5) is 5.69 Å². The molecule has 110 valence electrons. The van der Waals surface area contributed by atoms with Gasteiger partial charge in [0, 0.05) is 12.1 Å². The molecule has 5 rings (SSSR count). The Morgan fingerprint density at radius 1 is 1.23 bits per heavy atom. The fraction of sp³-hybridized carbons (Fsp3) is 0.278. The molecule has 0 bridgehead atoms. The van der Waals surface area contributed by atoms with E-state index in [0.29, 0.717) is 13.0 Å². The van der Waals surface area contributed by atoms with Gasteiger partial charge >= 0.3 is 0 Å². The third-order valence-electron chi connectivity index (χ3n) is 5.15. The van der Waals surface area contributed by atoms with Gasteiger partial charge in [-0.1, -0.05) is 24.3 Å². The van der Waals surface area contributed by atoms with Crippen molar-refractivity contribution in [3.8, 4) is 0 Å². The van der Waals surface area contributed by atoms with E-state index in [-0.39, 0.29) is 17.9 Å². The summed E-state index contributed by atoms with van der Waals surface area (Å²) >= 11 is 0. The summed E-state index contributed by atoms with van der Waals surface area (Å²) in [5.41, 5.74) is 2.55. The molecular formula is C18H15NO3. The number of rotatable bonds is 0. The molecule has 1 N–H and O–H groups in total. The van der Waals surface area contributed by atoms with Crippen LogP contribution in [0.1, 0.15) is 12.0 Å². The van der Waals surface area contributed by atoms with Crippen LogP contribution in [-0.4, -0.2) is 18.6 Å². The summed E-state index contributed by atoms with van der Waals surface area (Å²) in [4.78, 5) is 12.9. The minimum Gasteiger partial charge on any atom is -0.497 e. The van der Waals surface area contributed by atoms with E-state index in [0.717, 1.165) is 22.6 Å². The predicted octanol–water partition coefficient (Wildman–Crippen LogP) is 2.65. The number of anilines is 1. The van der Waals surface area contributed by atoms with Crippen molar-refractivity contribution in [2.75, 3.05) is 11.9 Å². The van der Waals surface area contributed by atoms with Crippen molar-refractivity contribution in [3.05, 3.63) is 65.7 Å². The molecule has 3 aliphatic heterocycles. The Morgan fingerprint density at radius 3 is 3.09 bits per heavy atom. The third-order valence-corrected chi connectivity index (χ3v) is 5.15. The second-order valence-electron chi connectivity index (χ2n) is 6.14. The topological polar surface area (TPSA) is 47.6 Å². The number of amides is 1. The lowest BCUT2D eigenvalue weighted by atomic mass is 9.65. The monoisotopic (exact) mass is 293 g/mol. The molecule has 0 aromatic heterocycles. The molecule has 1 spiro atoms. The lowest BCUT2D eigenvalue weighted by Crippen LogP contribution is -2.47. The second-order valence-corrected chi connectivity index (χ2v) is 6.14. The van der Waals surface area contributed by atoms with Gasteiger partial charge in [-0.3, -0.25) is 4.79 Å². The highest BCUT2D eigenvalue weighted by molar-refractivity contribution is 6.07. The molecule has 1 fully saturated rings. The van der Waals surface area contributed by atoms with Gasteiger partial charge in [-0.25, -0.2) is 0 Å². The van der Waals surface area contributed by atoms with E-state index >= 15 is 0 Å². The summed E-state index contributed by atoms with van der Waals surface area (Å²) in [6.07, 6.45) is 8.45. The van der Waals surface area contributed by atoms with Crippen LogP contribution < -0.4 is 5.32 Å². The van der Waals surface area contributed by atoms with E-state index in [1.165, 1.54) is 0 Å². The smallest absolute Gasteiger partial charge is 0.236 e. The van der Waals surface area contributed by atoms with Gasteiger partial charge in [-0.2, -0.15) is 0 Å². The van der Waals surface area contributed by atoms with Crippen molar-refractivity contribution in [2.24, 2.45) is 5.92 Å². The van der Waals surface area contributed by atoms with Gasteiger partial charge in [0.25, 0.3) is 0 Å². The summed E-state index contributed by atoms with van der Waals surface area (Å²) in [6.45, 7) is 0.549. The van der Waals surface area contributed by atoms with Crippen molar-refractivity contribution in [3.63, 3.8) is 0 Å². The van der Waals surface area contributed by atoms with Crippen LogP contribution in [0.5, 0.6) is 0 Å². The van der Waals surface area contributed by atoms with Crippen LogP contribution in [-0.2, 0) is 19.7 Å². The Hall–Kier alpha value is -2.49. The SMILES string of the molecule is O=C1Nc2ccccc2C12CCOC1=CC3OC=CC3=CC12. The van der Waals surface area contributed by atoms with Gasteiger partial charge in [-0.15, -0.1) is 0 Å². The summed E-state index contributed by atoms with van der Waals surface area (Å²) in [6, 6.07) is 7.98. The highest BCUT2D eigenvalue weighted by Gasteiger charge is 2.56. The highest BCUT2D eigenvalue weighted by Crippen LogP contribution is 2.52. The van der Waals surface area contributed by atoms with Crippen molar-refractivity contribution >= 4 is 11.6 Å². The van der Waals surface area contributed by atoms with Crippen LogP contribution in [0.2, 0.25) is 0 Å². The number of carbonyl (C=O) groups is 1. The standard InChI is InChI=1S/C18H15NO3/c20-17-18(12-3-1-2-4-14(12)19-17)6-8-22-16-10-15-11(5-7-21-15)9-13(16)18/h1-5,7,9-10,13,15H,6,8H2,(H,19,20). The Balaban J connectivity index is 1.71. The Bertz CT molecular complexity index is 776.